The minimum Gasteiger partial charge on any atom is -1.00 e. The molecule has 0 amide bonds. The predicted octanol–water partition coefficient (Wildman–Crippen LogP) is 1.72. The minimum absolute atomic E-state index is 0. The topological polar surface area (TPSA) is 12.2 Å². The summed E-state index contributed by atoms with van der Waals surface area (Å²) >= 11 is 0. The van der Waals surface area contributed by atoms with Gasteiger partial charge in [0.2, 0.25) is 0 Å². The van der Waals surface area contributed by atoms with Gasteiger partial charge in [-0.3, -0.25) is 4.49 Å². The van der Waals surface area contributed by atoms with Gasteiger partial charge >= 0.3 is 25.9 Å². The van der Waals surface area contributed by atoms with Gasteiger partial charge in [0.1, 0.15) is 6.21 Å². The van der Waals surface area contributed by atoms with E-state index in [0.717, 1.165) is 19.2 Å². The van der Waals surface area contributed by atoms with E-state index in [0.29, 0.717) is 6.04 Å². The van der Waals surface area contributed by atoms with Gasteiger partial charge in [-0.25, -0.2) is 0 Å². The average molecular weight is 327 g/mol. The zero-order valence-corrected chi connectivity index (χ0v) is 15.4. The summed E-state index contributed by atoms with van der Waals surface area (Å²) in [6.07, 6.45) is 8.21. The molecule has 126 valence electrons. The van der Waals surface area contributed by atoms with Crippen LogP contribution >= 0.6 is 0 Å². The fourth-order valence-electron chi connectivity index (χ4n) is 4.39. The molecule has 0 aromatic heterocycles. The molecule has 0 radical (unpaired) electrons. The van der Waals surface area contributed by atoms with Crippen molar-refractivity contribution < 1.29 is 30.9 Å². The van der Waals surface area contributed by atoms with E-state index in [2.05, 4.69) is 78.3 Å². The molecule has 0 bridgehead atoms. The van der Waals surface area contributed by atoms with Crippen molar-refractivity contribution >= 4 is 13.3 Å². The Balaban J connectivity index is 0.00000121. The van der Waals surface area contributed by atoms with Gasteiger partial charge in [-0.15, -0.1) is 0 Å². The Morgan fingerprint density at radius 2 is 1.68 bits per heavy atom. The van der Waals surface area contributed by atoms with Gasteiger partial charge in [-0.2, -0.15) is 0 Å². The van der Waals surface area contributed by atoms with Crippen molar-refractivity contribution in [2.45, 2.75) is 50.6 Å². The number of unbranched alkanes of at least 4 members (excludes halogenated alkanes) is 1. The van der Waals surface area contributed by atoms with E-state index >= 15 is 0 Å². The van der Waals surface area contributed by atoms with Crippen molar-refractivity contribution in [3.8, 4) is 0 Å². The first-order chi connectivity index (χ1) is 11.9. The summed E-state index contributed by atoms with van der Waals surface area (Å²) in [5, 5.41) is 0. The second kappa shape index (κ2) is 7.96. The second-order valence-corrected chi connectivity index (χ2v) is 6.91. The SMILES string of the molecule is CCCCB1OC(c2ccccc2)(c2ccccc2)[C@@H]2CCC=[N+]12.[H-].[H-].[Li+]. The summed E-state index contributed by atoms with van der Waals surface area (Å²) in [6.45, 7) is 2.25. The molecule has 2 aliphatic heterocycles. The van der Waals surface area contributed by atoms with Gasteiger partial charge in [-0.05, 0) is 11.1 Å². The van der Waals surface area contributed by atoms with E-state index < -0.39 is 0 Å². The van der Waals surface area contributed by atoms with Crippen LogP contribution in [0.25, 0.3) is 0 Å². The number of hydrogen-bond donors (Lipinski definition) is 0. The van der Waals surface area contributed by atoms with E-state index in [1.54, 1.807) is 0 Å². The molecule has 2 nitrogen and oxygen atoms in total. The third kappa shape index (κ3) is 3.15. The molecule has 0 aliphatic carbocycles. The van der Waals surface area contributed by atoms with Crippen molar-refractivity contribution in [2.24, 2.45) is 0 Å². The first kappa shape index (κ1) is 18.5. The maximum atomic E-state index is 6.88. The van der Waals surface area contributed by atoms with Gasteiger partial charge in [0.25, 0.3) is 0 Å². The van der Waals surface area contributed by atoms with Crippen LogP contribution in [0.3, 0.4) is 0 Å². The minimum atomic E-state index is -0.353. The molecule has 2 heterocycles. The average Bonchev–Trinajstić information content (AvgIpc) is 3.24. The van der Waals surface area contributed by atoms with Gasteiger partial charge in [-0.1, -0.05) is 80.4 Å². The summed E-state index contributed by atoms with van der Waals surface area (Å²) in [7, 11) is 0.192. The molecule has 0 N–H and O–H groups in total. The Morgan fingerprint density at radius 3 is 2.24 bits per heavy atom. The number of rotatable bonds is 5. The van der Waals surface area contributed by atoms with Gasteiger partial charge in [0, 0.05) is 19.2 Å². The van der Waals surface area contributed by atoms with Crippen molar-refractivity contribution in [1.29, 1.82) is 0 Å². The van der Waals surface area contributed by atoms with Crippen LogP contribution in [0.2, 0.25) is 6.32 Å². The van der Waals surface area contributed by atoms with Crippen LogP contribution in [0.15, 0.2) is 60.7 Å². The number of benzene rings is 2. The molecule has 4 heteroatoms. The fourth-order valence-corrected chi connectivity index (χ4v) is 4.39. The van der Waals surface area contributed by atoms with Crippen molar-refractivity contribution in [3.63, 3.8) is 0 Å². The van der Waals surface area contributed by atoms with Gasteiger partial charge < -0.3 is 7.51 Å². The monoisotopic (exact) mass is 327 g/mol. The summed E-state index contributed by atoms with van der Waals surface area (Å²) in [5.74, 6) is 0. The molecule has 2 aromatic rings. The largest absolute Gasteiger partial charge is 1.00 e. The molecule has 2 aromatic carbocycles. The zero-order chi connectivity index (χ0) is 16.4. The Labute approximate surface area is 166 Å². The third-order valence-corrected chi connectivity index (χ3v) is 5.47. The third-order valence-electron chi connectivity index (χ3n) is 5.47. The molecule has 0 saturated carbocycles. The fraction of sp³-hybridized carbons (Fsp3) is 0.381. The Hall–Kier alpha value is -1.27. The number of nitrogens with zero attached hydrogens (tertiary/aromatic N) is 1. The maximum Gasteiger partial charge on any atom is 1.00 e. The summed E-state index contributed by atoms with van der Waals surface area (Å²) in [4.78, 5) is 0. The normalized spacial score (nSPS) is 20.8. The number of fused-ring (bicyclic) bond motifs is 1. The summed E-state index contributed by atoms with van der Waals surface area (Å²) < 4.78 is 9.39. The Kier molecular flexibility index (Phi) is 5.90. The Bertz CT molecular complexity index is 690. The second-order valence-electron chi connectivity index (χ2n) is 6.91. The van der Waals surface area contributed by atoms with Gasteiger partial charge in [0.05, 0.1) is 0 Å². The molecule has 4 rings (SSSR count). The van der Waals surface area contributed by atoms with Crippen LogP contribution in [-0.4, -0.2) is 23.8 Å². The molecule has 1 fully saturated rings. The molecule has 0 spiro atoms. The summed E-state index contributed by atoms with van der Waals surface area (Å²) in [6, 6.07) is 22.0. The smallest absolute Gasteiger partial charge is 1.00 e. The van der Waals surface area contributed by atoms with Crippen molar-refractivity contribution in [2.75, 3.05) is 0 Å². The molecule has 1 atom stereocenters. The van der Waals surface area contributed by atoms with E-state index in [1.165, 1.54) is 24.0 Å². The van der Waals surface area contributed by atoms with Crippen LogP contribution in [0.5, 0.6) is 0 Å². The van der Waals surface area contributed by atoms with Gasteiger partial charge in [0.15, 0.2) is 11.6 Å². The molecular formula is C21H27BLiNO. The van der Waals surface area contributed by atoms with E-state index in [1.807, 2.05) is 0 Å². The predicted molar refractivity (Wildman–Crippen MR) is 102 cm³/mol. The molecule has 25 heavy (non-hydrogen) atoms. The molecule has 2 aliphatic rings. The zero-order valence-electron chi connectivity index (χ0n) is 17.4. The van der Waals surface area contributed by atoms with Crippen molar-refractivity contribution in [1.82, 2.24) is 0 Å². The van der Waals surface area contributed by atoms with Crippen LogP contribution in [0.1, 0.15) is 46.6 Å². The van der Waals surface area contributed by atoms with Crippen LogP contribution in [0, 0.1) is 0 Å². The molecular weight excluding hydrogens is 300 g/mol. The van der Waals surface area contributed by atoms with E-state index in [9.17, 15) is 0 Å². The quantitative estimate of drug-likeness (QED) is 0.762. The van der Waals surface area contributed by atoms with E-state index in [4.69, 9.17) is 4.65 Å². The Morgan fingerprint density at radius 1 is 1.08 bits per heavy atom. The van der Waals surface area contributed by atoms with Crippen LogP contribution < -0.4 is 18.9 Å². The number of hydrogen-bond acceptors (Lipinski definition) is 1. The first-order valence-electron chi connectivity index (χ1n) is 9.26. The maximum absolute atomic E-state index is 6.88. The van der Waals surface area contributed by atoms with Crippen LogP contribution in [-0.2, 0) is 10.3 Å². The standard InChI is InChI=1S/C21H25BNO.Li.2H/c1-2-3-16-22-23-17-10-15-20(23)21(24-22,18-11-6-4-7-12-18)19-13-8-5-9-14-19;;;/h4-9,11-14,17,20H,2-3,10,15-16H2,1H3;;;/q2*+1;2*-1/t20-;;;/m0.../s1. The first-order valence-corrected chi connectivity index (χ1v) is 9.26. The molecule has 0 unspecified atom stereocenters. The summed E-state index contributed by atoms with van der Waals surface area (Å²) in [5.41, 5.74) is 2.20. The van der Waals surface area contributed by atoms with Crippen LogP contribution in [0.4, 0.5) is 0 Å². The van der Waals surface area contributed by atoms with Crippen molar-refractivity contribution in [3.05, 3.63) is 71.8 Å². The molecule has 1 saturated heterocycles. The van der Waals surface area contributed by atoms with E-state index in [-0.39, 0.29) is 34.4 Å².